The number of carbonyl (C=O) groups excluding carboxylic acids is 1. The molecule has 1 unspecified atom stereocenters. The van der Waals surface area contributed by atoms with Gasteiger partial charge in [-0.05, 0) is 13.8 Å². The van der Waals surface area contributed by atoms with Crippen LogP contribution in [0.4, 0.5) is 0 Å². The quantitative estimate of drug-likeness (QED) is 0.797. The Morgan fingerprint density at radius 1 is 1.45 bits per heavy atom. The van der Waals surface area contributed by atoms with Crippen LogP contribution in [0.1, 0.15) is 31.0 Å². The molecule has 0 bridgehead atoms. The van der Waals surface area contributed by atoms with E-state index in [0.29, 0.717) is 26.1 Å². The molecule has 2 aromatic heterocycles. The number of amides is 1. The normalized spacial score (nSPS) is 18.1. The van der Waals surface area contributed by atoms with Gasteiger partial charge < -0.3 is 9.47 Å². The third kappa shape index (κ3) is 2.28. The fourth-order valence-electron chi connectivity index (χ4n) is 2.64. The van der Waals surface area contributed by atoms with Gasteiger partial charge in [0.25, 0.3) is 0 Å². The molecule has 0 saturated carbocycles. The van der Waals surface area contributed by atoms with Crippen molar-refractivity contribution in [3.8, 4) is 0 Å². The Morgan fingerprint density at radius 2 is 2.30 bits per heavy atom. The molecule has 3 heterocycles. The first-order valence-corrected chi connectivity index (χ1v) is 6.65. The lowest BCUT2D eigenvalue weighted by Crippen LogP contribution is -2.40. The molecule has 0 saturated heterocycles. The highest BCUT2D eigenvalue weighted by Crippen LogP contribution is 2.21. The molecule has 1 atom stereocenters. The summed E-state index contributed by atoms with van der Waals surface area (Å²) in [4.78, 5) is 18.0. The van der Waals surface area contributed by atoms with E-state index in [1.807, 2.05) is 11.8 Å². The topological polar surface area (TPSA) is 81.7 Å². The van der Waals surface area contributed by atoms with Crippen LogP contribution < -0.4 is 0 Å². The molecule has 8 heteroatoms. The van der Waals surface area contributed by atoms with Crippen molar-refractivity contribution in [2.75, 3.05) is 6.54 Å². The zero-order valence-electron chi connectivity index (χ0n) is 11.6. The molecule has 1 aliphatic rings. The summed E-state index contributed by atoms with van der Waals surface area (Å²) in [5, 5.41) is 12.2. The number of aryl methyl sites for hydroxylation is 2. The van der Waals surface area contributed by atoms with Gasteiger partial charge in [-0.2, -0.15) is 5.10 Å². The summed E-state index contributed by atoms with van der Waals surface area (Å²) in [6, 6.07) is 0.212. The number of fused-ring (bicyclic) bond motifs is 1. The Morgan fingerprint density at radius 3 is 3.05 bits per heavy atom. The summed E-state index contributed by atoms with van der Waals surface area (Å²) < 4.78 is 3.76. The van der Waals surface area contributed by atoms with E-state index in [-0.39, 0.29) is 11.9 Å². The van der Waals surface area contributed by atoms with Crippen molar-refractivity contribution in [3.05, 3.63) is 24.3 Å². The minimum Gasteiger partial charge on any atom is -0.333 e. The average molecular weight is 275 g/mol. The van der Waals surface area contributed by atoms with E-state index in [0.717, 1.165) is 11.6 Å². The van der Waals surface area contributed by atoms with Crippen molar-refractivity contribution in [1.29, 1.82) is 0 Å². The summed E-state index contributed by atoms with van der Waals surface area (Å²) in [6.07, 6.45) is 3.51. The van der Waals surface area contributed by atoms with Gasteiger partial charge in [0.05, 0.1) is 19.1 Å². The zero-order valence-corrected chi connectivity index (χ0v) is 11.6. The largest absolute Gasteiger partial charge is 0.333 e. The Labute approximate surface area is 116 Å². The maximum absolute atomic E-state index is 12.3. The molecular formula is C12H17N7O. The van der Waals surface area contributed by atoms with Crippen LogP contribution in [0.2, 0.25) is 0 Å². The first-order chi connectivity index (χ1) is 9.65. The van der Waals surface area contributed by atoms with Crippen LogP contribution in [-0.2, 0) is 17.9 Å². The molecule has 20 heavy (non-hydrogen) atoms. The minimum atomic E-state index is 0.110. The number of carbonyl (C=O) groups is 1. The molecule has 0 radical (unpaired) electrons. The van der Waals surface area contributed by atoms with Gasteiger partial charge in [-0.3, -0.25) is 9.48 Å². The molecule has 0 fully saturated rings. The van der Waals surface area contributed by atoms with E-state index in [1.54, 1.807) is 11.0 Å². The number of aromatic nitrogens is 6. The van der Waals surface area contributed by atoms with Gasteiger partial charge in [-0.25, -0.2) is 4.98 Å². The van der Waals surface area contributed by atoms with E-state index in [2.05, 4.69) is 31.8 Å². The van der Waals surface area contributed by atoms with Crippen LogP contribution in [-0.4, -0.2) is 46.9 Å². The summed E-state index contributed by atoms with van der Waals surface area (Å²) in [5.41, 5.74) is 0. The number of rotatable bonds is 3. The van der Waals surface area contributed by atoms with Crippen LogP contribution >= 0.6 is 0 Å². The second-order valence-electron chi connectivity index (χ2n) is 5.07. The lowest BCUT2D eigenvalue weighted by molar-refractivity contribution is -0.133. The standard InChI is InChI=1S/C12H17N7O/c1-9-5-17(6-11-16-15-10(2)19(9)11)12(20)3-4-18-8-13-7-14-18/h7-9H,3-6H2,1-2H3. The van der Waals surface area contributed by atoms with Crippen LogP contribution in [0, 0.1) is 6.92 Å². The van der Waals surface area contributed by atoms with Crippen molar-refractivity contribution in [2.24, 2.45) is 0 Å². The fraction of sp³-hybridized carbons (Fsp3) is 0.583. The van der Waals surface area contributed by atoms with Crippen molar-refractivity contribution in [1.82, 2.24) is 34.4 Å². The SMILES string of the molecule is Cc1nnc2n1C(C)CN(C(=O)CCn1cncn1)C2. The van der Waals surface area contributed by atoms with Gasteiger partial charge >= 0.3 is 0 Å². The van der Waals surface area contributed by atoms with Gasteiger partial charge in [-0.15, -0.1) is 10.2 Å². The molecule has 1 amide bonds. The van der Waals surface area contributed by atoms with Gasteiger partial charge in [0.15, 0.2) is 5.82 Å². The molecule has 0 aliphatic carbocycles. The third-order valence-corrected chi connectivity index (χ3v) is 3.57. The predicted molar refractivity (Wildman–Crippen MR) is 69.5 cm³/mol. The molecular weight excluding hydrogens is 258 g/mol. The second-order valence-corrected chi connectivity index (χ2v) is 5.07. The molecule has 0 spiro atoms. The maximum Gasteiger partial charge on any atom is 0.224 e. The van der Waals surface area contributed by atoms with E-state index in [9.17, 15) is 4.79 Å². The van der Waals surface area contributed by atoms with E-state index >= 15 is 0 Å². The zero-order chi connectivity index (χ0) is 14.1. The van der Waals surface area contributed by atoms with Crippen molar-refractivity contribution >= 4 is 5.91 Å². The van der Waals surface area contributed by atoms with Crippen LogP contribution in [0.3, 0.4) is 0 Å². The number of hydrogen-bond donors (Lipinski definition) is 0. The molecule has 2 aromatic rings. The smallest absolute Gasteiger partial charge is 0.224 e. The Balaban J connectivity index is 1.65. The highest BCUT2D eigenvalue weighted by Gasteiger charge is 2.27. The first-order valence-electron chi connectivity index (χ1n) is 6.65. The third-order valence-electron chi connectivity index (χ3n) is 3.57. The van der Waals surface area contributed by atoms with E-state index in [1.165, 1.54) is 6.33 Å². The minimum absolute atomic E-state index is 0.110. The van der Waals surface area contributed by atoms with Crippen LogP contribution in [0.5, 0.6) is 0 Å². The Kier molecular flexibility index (Phi) is 3.21. The van der Waals surface area contributed by atoms with Crippen LogP contribution in [0.15, 0.2) is 12.7 Å². The monoisotopic (exact) mass is 275 g/mol. The van der Waals surface area contributed by atoms with Gasteiger partial charge in [-0.1, -0.05) is 0 Å². The average Bonchev–Trinajstić information content (AvgIpc) is 3.06. The summed E-state index contributed by atoms with van der Waals surface area (Å²) in [7, 11) is 0. The van der Waals surface area contributed by atoms with Crippen molar-refractivity contribution in [2.45, 2.75) is 39.4 Å². The van der Waals surface area contributed by atoms with Crippen molar-refractivity contribution < 1.29 is 4.79 Å². The maximum atomic E-state index is 12.3. The van der Waals surface area contributed by atoms with Crippen LogP contribution in [0.25, 0.3) is 0 Å². The number of hydrogen-bond acceptors (Lipinski definition) is 5. The molecule has 1 aliphatic heterocycles. The molecule has 8 nitrogen and oxygen atoms in total. The predicted octanol–water partition coefficient (Wildman–Crippen LogP) is 0.172. The fourth-order valence-corrected chi connectivity index (χ4v) is 2.64. The molecule has 0 N–H and O–H groups in total. The highest BCUT2D eigenvalue weighted by molar-refractivity contribution is 5.76. The Hall–Kier alpha value is -2.25. The first kappa shape index (κ1) is 12.8. The molecule has 0 aromatic carbocycles. The lowest BCUT2D eigenvalue weighted by atomic mass is 10.2. The molecule has 3 rings (SSSR count). The summed E-state index contributed by atoms with van der Waals surface area (Å²) in [5.74, 6) is 1.87. The lowest BCUT2D eigenvalue weighted by Gasteiger charge is -2.32. The Bertz CT molecular complexity index is 603. The van der Waals surface area contributed by atoms with Crippen molar-refractivity contribution in [3.63, 3.8) is 0 Å². The van der Waals surface area contributed by atoms with Gasteiger partial charge in [0, 0.05) is 13.0 Å². The second kappa shape index (κ2) is 5.03. The molecule has 106 valence electrons. The highest BCUT2D eigenvalue weighted by atomic mass is 16.2. The van der Waals surface area contributed by atoms with E-state index in [4.69, 9.17) is 0 Å². The number of nitrogens with zero attached hydrogens (tertiary/aromatic N) is 7. The van der Waals surface area contributed by atoms with Gasteiger partial charge in [0.2, 0.25) is 5.91 Å². The van der Waals surface area contributed by atoms with Gasteiger partial charge in [0.1, 0.15) is 18.5 Å². The summed E-state index contributed by atoms with van der Waals surface area (Å²) in [6.45, 7) is 5.80. The summed E-state index contributed by atoms with van der Waals surface area (Å²) >= 11 is 0. The van der Waals surface area contributed by atoms with E-state index < -0.39 is 0 Å².